The lowest BCUT2D eigenvalue weighted by Crippen LogP contribution is -3.00. The predicted molar refractivity (Wildman–Crippen MR) is 147 cm³/mol. The average molecular weight is 764 g/mol. The Bertz CT molecular complexity index is 1700. The minimum absolute atomic E-state index is 0. The first-order valence-electron chi connectivity index (χ1n) is 13.2. The average Bonchev–Trinajstić information content (AvgIpc) is 2.91. The molecule has 0 amide bonds. The molecule has 0 saturated carbocycles. The molecule has 4 heterocycles. The molecule has 0 N–H and O–H groups in total. The Labute approximate surface area is 268 Å². The molecule has 0 spiro atoms. The number of hydrogen-bond donors (Lipinski definition) is 0. The molecule has 8 nitrogen and oxygen atoms in total. The zero-order valence-electron chi connectivity index (χ0n) is 23.3. The van der Waals surface area contributed by atoms with E-state index in [4.69, 9.17) is 4.98 Å². The Hall–Kier alpha value is -2.74. The summed E-state index contributed by atoms with van der Waals surface area (Å²) in [5.74, 6) is 0.375. The van der Waals surface area contributed by atoms with E-state index in [0.717, 1.165) is 46.1 Å². The number of unbranched alkanes of at least 4 members (excludes halogenated alkanes) is 1. The molecular formula is C30H34I2N6O2. The van der Waals surface area contributed by atoms with E-state index in [9.17, 15) is 9.59 Å². The molecule has 0 aliphatic carbocycles. The molecule has 0 atom stereocenters. The number of aryl methyl sites for hydroxylation is 5. The summed E-state index contributed by atoms with van der Waals surface area (Å²) in [7, 11) is 2.00. The number of hydrogen-bond acceptors (Lipinski definition) is 4. The van der Waals surface area contributed by atoms with Crippen LogP contribution in [-0.2, 0) is 26.7 Å². The zero-order chi connectivity index (χ0) is 26.8. The number of benzene rings is 1. The van der Waals surface area contributed by atoms with E-state index in [-0.39, 0.29) is 65.8 Å². The molecule has 3 aromatic rings. The van der Waals surface area contributed by atoms with Crippen LogP contribution in [0.4, 0.5) is 0 Å². The Kier molecular flexibility index (Phi) is 10.9. The highest BCUT2D eigenvalue weighted by atomic mass is 127. The molecule has 5 rings (SSSR count). The van der Waals surface area contributed by atoms with E-state index >= 15 is 0 Å². The standard InChI is InChI=1S/C30H34N6O2.2HI/c1-5-6-13-35-26-20-22(3)21(2)19-25(26)31-27-28(35)32-30(38)36(29(27)37)14-7-12-34-17-10-24(11-18-34)23-8-15-33(4)16-9-23;;/h8-11,15-20H,5-7,12-14H2,1-4H3;2*1H/q+2;;/p-2. The summed E-state index contributed by atoms with van der Waals surface area (Å²) in [5, 5.41) is 0. The van der Waals surface area contributed by atoms with Gasteiger partial charge in [-0.15, -0.1) is 0 Å². The van der Waals surface area contributed by atoms with Crippen molar-refractivity contribution in [2.45, 2.75) is 59.7 Å². The van der Waals surface area contributed by atoms with Gasteiger partial charge >= 0.3 is 5.69 Å². The third-order valence-corrected chi connectivity index (χ3v) is 7.20. The van der Waals surface area contributed by atoms with Crippen molar-refractivity contribution < 1.29 is 57.1 Å². The summed E-state index contributed by atoms with van der Waals surface area (Å²) in [5.41, 5.74) is 5.57. The molecule has 40 heavy (non-hydrogen) atoms. The fourth-order valence-corrected chi connectivity index (χ4v) is 4.77. The summed E-state index contributed by atoms with van der Waals surface area (Å²) >= 11 is 0. The number of fused-ring (bicyclic) bond motifs is 2. The van der Waals surface area contributed by atoms with E-state index in [1.54, 1.807) is 0 Å². The van der Waals surface area contributed by atoms with Gasteiger partial charge in [0.1, 0.15) is 13.6 Å². The lowest BCUT2D eigenvalue weighted by Gasteiger charge is -2.18. The van der Waals surface area contributed by atoms with E-state index in [1.807, 2.05) is 54.0 Å². The molecule has 0 bridgehead atoms. The van der Waals surface area contributed by atoms with Crippen LogP contribution in [0.2, 0.25) is 0 Å². The second-order valence-electron chi connectivity index (χ2n) is 10.00. The van der Waals surface area contributed by atoms with Crippen LogP contribution < -0.4 is 68.3 Å². The molecule has 0 fully saturated rings. The van der Waals surface area contributed by atoms with Crippen LogP contribution in [0.1, 0.15) is 37.3 Å². The molecule has 0 saturated heterocycles. The van der Waals surface area contributed by atoms with E-state index in [0.29, 0.717) is 25.3 Å². The molecule has 0 unspecified atom stereocenters. The maximum atomic E-state index is 13.5. The summed E-state index contributed by atoms with van der Waals surface area (Å²) in [4.78, 5) is 35.5. The van der Waals surface area contributed by atoms with Gasteiger partial charge in [0.15, 0.2) is 36.3 Å². The fraction of sp³-hybridized carbons (Fsp3) is 0.333. The summed E-state index contributed by atoms with van der Waals surface area (Å²) in [6.45, 7) is 7.85. The zero-order valence-corrected chi connectivity index (χ0v) is 27.6. The third kappa shape index (κ3) is 6.59. The smallest absolute Gasteiger partial charge is 0.352 e. The highest BCUT2D eigenvalue weighted by molar-refractivity contribution is 5.81. The van der Waals surface area contributed by atoms with Crippen LogP contribution >= 0.6 is 0 Å². The van der Waals surface area contributed by atoms with Crippen LogP contribution in [0.3, 0.4) is 0 Å². The molecule has 2 aliphatic heterocycles. The number of rotatable bonds is 8. The van der Waals surface area contributed by atoms with Gasteiger partial charge in [0, 0.05) is 43.8 Å². The van der Waals surface area contributed by atoms with Gasteiger partial charge in [-0.1, -0.05) is 13.3 Å². The van der Waals surface area contributed by atoms with Gasteiger partial charge in [-0.2, -0.15) is 4.98 Å². The number of aromatic nitrogens is 6. The highest BCUT2D eigenvalue weighted by Gasteiger charge is 2.22. The minimum Gasteiger partial charge on any atom is -1.00 e. The topological polar surface area (TPSA) is 77.5 Å². The Balaban J connectivity index is 0.00000220. The molecule has 10 heteroatoms. The quantitative estimate of drug-likeness (QED) is 0.0985. The maximum Gasteiger partial charge on any atom is 0.352 e. The van der Waals surface area contributed by atoms with Gasteiger partial charge in [-0.05, 0) is 54.7 Å². The van der Waals surface area contributed by atoms with Crippen LogP contribution in [0.5, 0.6) is 0 Å². The SMILES string of the molecule is CCCCn1c2nc(=O)n(CCC[n+]3ccc(-c4cc[n+](C)cc4)cc3)c(=O)c-2nc2cc(C)c(C)cc21.[I-].[I-]. The normalized spacial score (nSPS) is 10.9. The minimum atomic E-state index is -0.518. The van der Waals surface area contributed by atoms with E-state index in [1.165, 1.54) is 4.57 Å². The van der Waals surface area contributed by atoms with Gasteiger partial charge in [0.25, 0.3) is 5.56 Å². The van der Waals surface area contributed by atoms with Gasteiger partial charge < -0.3 is 52.5 Å². The van der Waals surface area contributed by atoms with Crippen molar-refractivity contribution in [3.63, 3.8) is 0 Å². The molecule has 210 valence electrons. The first-order valence-corrected chi connectivity index (χ1v) is 13.2. The van der Waals surface area contributed by atoms with Crippen molar-refractivity contribution in [1.82, 2.24) is 19.1 Å². The van der Waals surface area contributed by atoms with Crippen molar-refractivity contribution in [3.05, 3.63) is 93.2 Å². The molecule has 0 radical (unpaired) electrons. The first kappa shape index (κ1) is 31.8. The lowest BCUT2D eigenvalue weighted by atomic mass is 10.1. The largest absolute Gasteiger partial charge is 1.00 e. The molecule has 2 aromatic heterocycles. The highest BCUT2D eigenvalue weighted by Crippen LogP contribution is 2.24. The van der Waals surface area contributed by atoms with Crippen molar-refractivity contribution in [1.29, 1.82) is 0 Å². The molecule has 1 aromatic carbocycles. The Morgan fingerprint density at radius 3 is 2.05 bits per heavy atom. The lowest BCUT2D eigenvalue weighted by molar-refractivity contribution is -0.697. The van der Waals surface area contributed by atoms with E-state index < -0.39 is 5.69 Å². The van der Waals surface area contributed by atoms with Gasteiger partial charge in [-0.25, -0.2) is 18.9 Å². The Morgan fingerprint density at radius 2 is 1.40 bits per heavy atom. The Morgan fingerprint density at radius 1 is 0.800 bits per heavy atom. The number of nitrogens with zero attached hydrogens (tertiary/aromatic N) is 6. The monoisotopic (exact) mass is 764 g/mol. The second-order valence-corrected chi connectivity index (χ2v) is 10.00. The van der Waals surface area contributed by atoms with Crippen LogP contribution in [-0.4, -0.2) is 19.1 Å². The third-order valence-electron chi connectivity index (χ3n) is 7.20. The molecular weight excluding hydrogens is 730 g/mol. The van der Waals surface area contributed by atoms with Crippen LogP contribution in [0.15, 0.2) is 70.8 Å². The second kappa shape index (κ2) is 13.7. The summed E-state index contributed by atoms with van der Waals surface area (Å²) in [6, 6.07) is 12.4. The summed E-state index contributed by atoms with van der Waals surface area (Å²) in [6.07, 6.45) is 10.6. The molecule has 2 aliphatic rings. The maximum absolute atomic E-state index is 13.5. The van der Waals surface area contributed by atoms with Crippen molar-refractivity contribution in [3.8, 4) is 22.6 Å². The number of halogens is 2. The van der Waals surface area contributed by atoms with Gasteiger partial charge in [-0.3, -0.25) is 9.36 Å². The van der Waals surface area contributed by atoms with Crippen LogP contribution in [0, 0.1) is 13.8 Å². The predicted octanol–water partition coefficient (Wildman–Crippen LogP) is -2.65. The van der Waals surface area contributed by atoms with Gasteiger partial charge in [0.05, 0.1) is 11.0 Å². The van der Waals surface area contributed by atoms with Crippen LogP contribution in [0.25, 0.3) is 33.7 Å². The number of pyridine rings is 2. The van der Waals surface area contributed by atoms with Crippen molar-refractivity contribution in [2.75, 3.05) is 0 Å². The van der Waals surface area contributed by atoms with Crippen molar-refractivity contribution in [2.24, 2.45) is 7.05 Å². The van der Waals surface area contributed by atoms with E-state index in [2.05, 4.69) is 53.7 Å². The summed E-state index contributed by atoms with van der Waals surface area (Å²) < 4.78 is 7.29. The van der Waals surface area contributed by atoms with Gasteiger partial charge in [0.2, 0.25) is 0 Å². The van der Waals surface area contributed by atoms with Crippen molar-refractivity contribution >= 4 is 11.0 Å². The fourth-order valence-electron chi connectivity index (χ4n) is 4.77. The first-order chi connectivity index (χ1) is 18.4.